The van der Waals surface area contributed by atoms with Gasteiger partial charge in [-0.15, -0.1) is 0 Å². The first kappa shape index (κ1) is 21.7. The molecule has 3 amide bonds. The third kappa shape index (κ3) is 5.01. The number of carbonyl (C=O) groups excluding carboxylic acids is 3. The second-order valence-electron chi connectivity index (χ2n) is 7.65. The van der Waals surface area contributed by atoms with Gasteiger partial charge in [-0.1, -0.05) is 6.07 Å². The van der Waals surface area contributed by atoms with Crippen molar-refractivity contribution >= 4 is 35.2 Å². The van der Waals surface area contributed by atoms with Crippen molar-refractivity contribution in [1.29, 1.82) is 0 Å². The van der Waals surface area contributed by atoms with Crippen molar-refractivity contribution in [2.24, 2.45) is 0 Å². The summed E-state index contributed by atoms with van der Waals surface area (Å²) in [6.45, 7) is 1.11. The van der Waals surface area contributed by atoms with Gasteiger partial charge in [-0.25, -0.2) is 0 Å². The lowest BCUT2D eigenvalue weighted by Crippen LogP contribution is -2.42. The number of aliphatic hydroxyl groups is 1. The van der Waals surface area contributed by atoms with Gasteiger partial charge in [-0.3, -0.25) is 19.4 Å². The van der Waals surface area contributed by atoms with Crippen LogP contribution in [0.5, 0.6) is 0 Å². The number of nitrogens with zero attached hydrogens (tertiary/aromatic N) is 3. The van der Waals surface area contributed by atoms with Gasteiger partial charge >= 0.3 is 0 Å². The van der Waals surface area contributed by atoms with E-state index in [4.69, 9.17) is 4.74 Å². The number of hydrogen-bond acceptors (Lipinski definition) is 6. The smallest absolute Gasteiger partial charge is 0.253 e. The maximum atomic E-state index is 12.9. The Balaban J connectivity index is 1.40. The maximum absolute atomic E-state index is 12.9. The zero-order valence-corrected chi connectivity index (χ0v) is 17.4. The molecule has 4 rings (SSSR count). The standard InChI is InChI=1S/C23H24N4O5/c28-19-12-20(27(14-19)21(29)8-3-16-2-1-9-24-13-16)23(31)25-17-4-6-18(7-5-17)26-10-11-32-15-22(26)30/h1-9,13,19-20,28H,10-12,14-15H2,(H,25,31)/t19-,20-/m1/s1. The molecule has 1 aromatic carbocycles. The Labute approximate surface area is 185 Å². The average molecular weight is 436 g/mol. The van der Waals surface area contributed by atoms with Crippen molar-refractivity contribution in [3.8, 4) is 0 Å². The fourth-order valence-corrected chi connectivity index (χ4v) is 3.79. The molecule has 0 radical (unpaired) electrons. The number of hydrogen-bond donors (Lipinski definition) is 2. The molecule has 0 bridgehead atoms. The van der Waals surface area contributed by atoms with E-state index >= 15 is 0 Å². The number of nitrogens with one attached hydrogen (secondary N) is 1. The van der Waals surface area contributed by atoms with Crippen LogP contribution in [0.3, 0.4) is 0 Å². The molecule has 2 saturated heterocycles. The van der Waals surface area contributed by atoms with Gasteiger partial charge in [0.1, 0.15) is 12.6 Å². The zero-order valence-electron chi connectivity index (χ0n) is 17.4. The maximum Gasteiger partial charge on any atom is 0.253 e. The van der Waals surface area contributed by atoms with E-state index in [1.165, 1.54) is 11.0 Å². The highest BCUT2D eigenvalue weighted by atomic mass is 16.5. The van der Waals surface area contributed by atoms with Crippen molar-refractivity contribution in [1.82, 2.24) is 9.88 Å². The molecule has 2 fully saturated rings. The van der Waals surface area contributed by atoms with E-state index in [0.29, 0.717) is 18.8 Å². The minimum absolute atomic E-state index is 0.0571. The van der Waals surface area contributed by atoms with Crippen LogP contribution < -0.4 is 10.2 Å². The van der Waals surface area contributed by atoms with Crippen LogP contribution in [-0.2, 0) is 19.1 Å². The Bertz CT molecular complexity index is 1010. The Morgan fingerprint density at radius 3 is 2.75 bits per heavy atom. The zero-order chi connectivity index (χ0) is 22.5. The number of aliphatic hydroxyl groups excluding tert-OH is 1. The SMILES string of the molecule is O=C(Nc1ccc(N2CCOCC2=O)cc1)[C@H]1C[C@@H](O)CN1C(=O)C=Cc1cccnc1. The summed E-state index contributed by atoms with van der Waals surface area (Å²) in [6, 6.07) is 9.71. The largest absolute Gasteiger partial charge is 0.391 e. The van der Waals surface area contributed by atoms with E-state index in [0.717, 1.165) is 11.3 Å². The second kappa shape index (κ2) is 9.71. The van der Waals surface area contributed by atoms with Gasteiger partial charge in [-0.2, -0.15) is 0 Å². The molecule has 2 N–H and O–H groups in total. The van der Waals surface area contributed by atoms with Gasteiger partial charge in [-0.05, 0) is 42.0 Å². The number of benzene rings is 1. The van der Waals surface area contributed by atoms with Gasteiger partial charge in [0.05, 0.1) is 12.7 Å². The molecule has 2 aliphatic heterocycles. The van der Waals surface area contributed by atoms with Crippen molar-refractivity contribution in [2.75, 3.05) is 36.5 Å². The molecule has 0 saturated carbocycles. The Morgan fingerprint density at radius 1 is 1.22 bits per heavy atom. The molecule has 9 heteroatoms. The molecule has 3 heterocycles. The summed E-state index contributed by atoms with van der Waals surface area (Å²) in [4.78, 5) is 44.5. The van der Waals surface area contributed by atoms with Crippen LogP contribution in [0.1, 0.15) is 12.0 Å². The number of pyridine rings is 1. The Hall–Kier alpha value is -3.56. The summed E-state index contributed by atoms with van der Waals surface area (Å²) in [6.07, 6.45) is 5.67. The van der Waals surface area contributed by atoms with Crippen LogP contribution in [0.4, 0.5) is 11.4 Å². The van der Waals surface area contributed by atoms with Gasteiger partial charge in [0.15, 0.2) is 0 Å². The van der Waals surface area contributed by atoms with E-state index in [2.05, 4.69) is 10.3 Å². The van der Waals surface area contributed by atoms with Crippen molar-refractivity contribution in [3.05, 3.63) is 60.4 Å². The third-order valence-corrected chi connectivity index (χ3v) is 5.40. The monoisotopic (exact) mass is 436 g/mol. The lowest BCUT2D eigenvalue weighted by atomic mass is 10.1. The average Bonchev–Trinajstić information content (AvgIpc) is 3.21. The molecule has 166 valence electrons. The van der Waals surface area contributed by atoms with Crippen LogP contribution in [0, 0.1) is 0 Å². The number of aromatic nitrogens is 1. The fourth-order valence-electron chi connectivity index (χ4n) is 3.79. The van der Waals surface area contributed by atoms with Crippen molar-refractivity contribution in [2.45, 2.75) is 18.6 Å². The van der Waals surface area contributed by atoms with E-state index in [-0.39, 0.29) is 37.3 Å². The van der Waals surface area contributed by atoms with Gasteiger partial charge in [0.2, 0.25) is 11.8 Å². The topological polar surface area (TPSA) is 112 Å². The van der Waals surface area contributed by atoms with E-state index < -0.39 is 12.1 Å². The normalized spacial score (nSPS) is 21.2. The third-order valence-electron chi connectivity index (χ3n) is 5.40. The predicted molar refractivity (Wildman–Crippen MR) is 118 cm³/mol. The van der Waals surface area contributed by atoms with Crippen LogP contribution in [0.25, 0.3) is 6.08 Å². The molecule has 9 nitrogen and oxygen atoms in total. The minimum Gasteiger partial charge on any atom is -0.391 e. The summed E-state index contributed by atoms with van der Waals surface area (Å²) in [7, 11) is 0. The number of likely N-dealkylation sites (tertiary alicyclic amines) is 1. The second-order valence-corrected chi connectivity index (χ2v) is 7.65. The van der Waals surface area contributed by atoms with Crippen LogP contribution in [0.15, 0.2) is 54.9 Å². The van der Waals surface area contributed by atoms with Crippen molar-refractivity contribution in [3.63, 3.8) is 0 Å². The van der Waals surface area contributed by atoms with Crippen LogP contribution in [0.2, 0.25) is 0 Å². The molecule has 0 spiro atoms. The number of amides is 3. The van der Waals surface area contributed by atoms with Gasteiger partial charge in [0.25, 0.3) is 5.91 Å². The van der Waals surface area contributed by atoms with Gasteiger partial charge < -0.3 is 25.0 Å². The highest BCUT2D eigenvalue weighted by molar-refractivity contribution is 6.01. The Morgan fingerprint density at radius 2 is 2.03 bits per heavy atom. The molecule has 2 aromatic rings. The molecule has 0 unspecified atom stereocenters. The number of rotatable bonds is 5. The van der Waals surface area contributed by atoms with Gasteiger partial charge in [0, 0.05) is 49.4 Å². The summed E-state index contributed by atoms with van der Waals surface area (Å²) < 4.78 is 5.14. The number of β-amino-alcohol motifs (C(OH)–C–C–N with tert-alkyl or cyclic N) is 1. The summed E-state index contributed by atoms with van der Waals surface area (Å²) in [5.74, 6) is -0.840. The highest BCUT2D eigenvalue weighted by Gasteiger charge is 2.38. The lowest BCUT2D eigenvalue weighted by molar-refractivity contribution is -0.132. The van der Waals surface area contributed by atoms with E-state index in [1.54, 1.807) is 53.7 Å². The highest BCUT2D eigenvalue weighted by Crippen LogP contribution is 2.23. The quantitative estimate of drug-likeness (QED) is 0.678. The van der Waals surface area contributed by atoms with Crippen LogP contribution >= 0.6 is 0 Å². The summed E-state index contributed by atoms with van der Waals surface area (Å²) in [5, 5.41) is 12.9. The molecule has 1 aromatic heterocycles. The molecule has 32 heavy (non-hydrogen) atoms. The first-order chi connectivity index (χ1) is 15.5. The molecule has 2 atom stereocenters. The molecule has 2 aliphatic rings. The number of morpholine rings is 1. The summed E-state index contributed by atoms with van der Waals surface area (Å²) >= 11 is 0. The van der Waals surface area contributed by atoms with E-state index in [1.807, 2.05) is 6.07 Å². The fraction of sp³-hybridized carbons (Fsp3) is 0.304. The molecular formula is C23H24N4O5. The van der Waals surface area contributed by atoms with Crippen molar-refractivity contribution < 1.29 is 24.2 Å². The number of carbonyl (C=O) groups is 3. The molecule has 0 aliphatic carbocycles. The molecular weight excluding hydrogens is 412 g/mol. The predicted octanol–water partition coefficient (Wildman–Crippen LogP) is 1.06. The minimum atomic E-state index is -0.781. The number of anilines is 2. The number of ether oxygens (including phenoxy) is 1. The Kier molecular flexibility index (Phi) is 6.58. The van der Waals surface area contributed by atoms with E-state index in [9.17, 15) is 19.5 Å². The van der Waals surface area contributed by atoms with Crippen LogP contribution in [-0.4, -0.2) is 71.2 Å². The first-order valence-corrected chi connectivity index (χ1v) is 10.4. The summed E-state index contributed by atoms with van der Waals surface area (Å²) in [5.41, 5.74) is 2.03. The lowest BCUT2D eigenvalue weighted by Gasteiger charge is -2.27. The first-order valence-electron chi connectivity index (χ1n) is 10.4.